The van der Waals surface area contributed by atoms with Crippen molar-refractivity contribution in [2.45, 2.75) is 31.2 Å². The van der Waals surface area contributed by atoms with Crippen molar-refractivity contribution in [3.8, 4) is 5.75 Å². The van der Waals surface area contributed by atoms with Gasteiger partial charge in [0, 0.05) is 31.0 Å². The fourth-order valence-corrected chi connectivity index (χ4v) is 4.06. The number of carboxylic acids is 1. The van der Waals surface area contributed by atoms with Gasteiger partial charge < -0.3 is 25.8 Å². The number of pyridine rings is 1. The van der Waals surface area contributed by atoms with Crippen molar-refractivity contribution in [2.24, 2.45) is 5.73 Å². The Morgan fingerprint density at radius 2 is 1.88 bits per heavy atom. The van der Waals surface area contributed by atoms with E-state index in [4.69, 9.17) is 15.9 Å². The van der Waals surface area contributed by atoms with Crippen LogP contribution in [0.15, 0.2) is 48.8 Å². The molecule has 1 saturated heterocycles. The molecule has 10 heteroatoms. The van der Waals surface area contributed by atoms with Crippen LogP contribution >= 0.6 is 0 Å². The van der Waals surface area contributed by atoms with E-state index in [1.807, 2.05) is 0 Å². The predicted octanol–water partition coefficient (Wildman–Crippen LogP) is 1.24. The summed E-state index contributed by atoms with van der Waals surface area (Å²) in [5.74, 6) is -1.92. The van der Waals surface area contributed by atoms with Gasteiger partial charge in [0.1, 0.15) is 11.6 Å². The zero-order chi connectivity index (χ0) is 23.8. The van der Waals surface area contributed by atoms with Gasteiger partial charge in [-0.2, -0.15) is 0 Å². The summed E-state index contributed by atoms with van der Waals surface area (Å²) in [6.45, 7) is 0.864. The summed E-state index contributed by atoms with van der Waals surface area (Å²) >= 11 is 0. The van der Waals surface area contributed by atoms with E-state index in [1.54, 1.807) is 48.8 Å². The molecule has 2 heterocycles. The van der Waals surface area contributed by atoms with E-state index in [-0.39, 0.29) is 25.3 Å². The van der Waals surface area contributed by atoms with Crippen molar-refractivity contribution < 1.29 is 24.2 Å². The number of nitrogens with zero attached hydrogens (tertiary/aromatic N) is 2. The Kier molecular flexibility index (Phi) is 7.60. The number of hydrogen-bond donors (Lipinski definition) is 4. The third-order valence-electron chi connectivity index (χ3n) is 5.66. The predicted molar refractivity (Wildman–Crippen MR) is 120 cm³/mol. The van der Waals surface area contributed by atoms with Crippen molar-refractivity contribution in [1.82, 2.24) is 15.2 Å². The lowest BCUT2D eigenvalue weighted by molar-refractivity contribution is -0.157. The Morgan fingerprint density at radius 3 is 2.52 bits per heavy atom. The molecule has 3 rings (SSSR count). The van der Waals surface area contributed by atoms with Gasteiger partial charge in [-0.25, -0.2) is 0 Å². The van der Waals surface area contributed by atoms with Crippen molar-refractivity contribution in [2.75, 3.05) is 19.7 Å². The summed E-state index contributed by atoms with van der Waals surface area (Å²) < 4.78 is 5.74. The third-order valence-corrected chi connectivity index (χ3v) is 5.66. The molecule has 5 N–H and O–H groups in total. The second-order valence-electron chi connectivity index (χ2n) is 7.79. The number of carbonyl (C=O) groups excluding carboxylic acids is 2. The lowest BCUT2D eigenvalue weighted by Gasteiger charge is -2.45. The van der Waals surface area contributed by atoms with E-state index in [2.05, 4.69) is 10.3 Å². The molecule has 1 fully saturated rings. The number of aliphatic carboxylic acids is 1. The monoisotopic (exact) mass is 453 g/mol. The maximum atomic E-state index is 12.7. The Labute approximate surface area is 191 Å². The highest BCUT2D eigenvalue weighted by Crippen LogP contribution is 2.38. The number of amidine groups is 1. The van der Waals surface area contributed by atoms with Crippen LogP contribution < -0.4 is 15.8 Å². The second-order valence-corrected chi connectivity index (χ2v) is 7.79. The van der Waals surface area contributed by atoms with Crippen LogP contribution in [0.5, 0.6) is 5.75 Å². The van der Waals surface area contributed by atoms with E-state index < -0.39 is 23.3 Å². The van der Waals surface area contributed by atoms with Gasteiger partial charge in [-0.15, -0.1) is 0 Å². The molecule has 1 aromatic carbocycles. The molecule has 1 unspecified atom stereocenters. The number of nitrogens with one attached hydrogen (secondary N) is 2. The number of rotatable bonds is 11. The summed E-state index contributed by atoms with van der Waals surface area (Å²) in [4.78, 5) is 42.1. The average molecular weight is 453 g/mol. The molecule has 0 spiro atoms. The molecule has 2 amide bonds. The minimum atomic E-state index is -1.17. The van der Waals surface area contributed by atoms with E-state index in [0.717, 1.165) is 0 Å². The number of amides is 2. The Hall–Kier alpha value is -3.95. The smallest absolute Gasteiger partial charge is 0.312 e. The van der Waals surface area contributed by atoms with Crippen molar-refractivity contribution in [3.63, 3.8) is 0 Å². The van der Waals surface area contributed by atoms with Crippen LogP contribution in [0, 0.1) is 5.41 Å². The number of carboxylic acid groups (broad SMARTS) is 1. The van der Waals surface area contributed by atoms with Gasteiger partial charge in [-0.1, -0.05) is 0 Å². The molecule has 2 aromatic rings. The SMILES string of the molecule is N=C(N)c1ccc(OCCCCC(CC(=O)O)(c2ccncc2)N2CCNC(=O)C2=O)cc1. The van der Waals surface area contributed by atoms with Gasteiger partial charge >= 0.3 is 17.8 Å². The van der Waals surface area contributed by atoms with Gasteiger partial charge in [0.25, 0.3) is 0 Å². The molecule has 1 aliphatic rings. The number of nitrogens with two attached hydrogens (primary N) is 1. The lowest BCUT2D eigenvalue weighted by Crippen LogP contribution is -2.60. The number of carbonyl (C=O) groups is 3. The number of piperazine rings is 1. The molecule has 0 aliphatic carbocycles. The number of hydrogen-bond acceptors (Lipinski definition) is 6. The molecule has 1 aromatic heterocycles. The zero-order valence-electron chi connectivity index (χ0n) is 18.1. The van der Waals surface area contributed by atoms with Gasteiger partial charge in [0.05, 0.1) is 18.6 Å². The lowest BCUT2D eigenvalue weighted by atomic mass is 9.80. The largest absolute Gasteiger partial charge is 0.494 e. The molecule has 174 valence electrons. The first-order valence-electron chi connectivity index (χ1n) is 10.6. The Morgan fingerprint density at radius 1 is 1.18 bits per heavy atom. The molecular formula is C23H27N5O5. The first-order valence-corrected chi connectivity index (χ1v) is 10.6. The first-order chi connectivity index (χ1) is 15.8. The molecule has 10 nitrogen and oxygen atoms in total. The number of benzene rings is 1. The topological polar surface area (TPSA) is 159 Å². The summed E-state index contributed by atoms with van der Waals surface area (Å²) in [6, 6.07) is 10.2. The highest BCUT2D eigenvalue weighted by molar-refractivity contribution is 6.35. The highest BCUT2D eigenvalue weighted by Gasteiger charge is 2.45. The molecule has 0 bridgehead atoms. The van der Waals surface area contributed by atoms with Crippen LogP contribution in [0.4, 0.5) is 0 Å². The maximum absolute atomic E-state index is 12.7. The van der Waals surface area contributed by atoms with Gasteiger partial charge in [-0.3, -0.25) is 24.8 Å². The quantitative estimate of drug-likeness (QED) is 0.172. The fourth-order valence-electron chi connectivity index (χ4n) is 4.06. The normalized spacial score (nSPS) is 15.5. The average Bonchev–Trinajstić information content (AvgIpc) is 2.80. The van der Waals surface area contributed by atoms with Crippen LogP contribution in [0.2, 0.25) is 0 Å². The van der Waals surface area contributed by atoms with E-state index in [1.165, 1.54) is 4.90 Å². The molecule has 33 heavy (non-hydrogen) atoms. The van der Waals surface area contributed by atoms with Crippen LogP contribution in [0.1, 0.15) is 36.8 Å². The zero-order valence-corrected chi connectivity index (χ0v) is 18.1. The van der Waals surface area contributed by atoms with Crippen molar-refractivity contribution in [3.05, 3.63) is 59.9 Å². The number of aromatic nitrogens is 1. The van der Waals surface area contributed by atoms with Crippen molar-refractivity contribution >= 4 is 23.6 Å². The molecule has 0 saturated carbocycles. The van der Waals surface area contributed by atoms with E-state index in [9.17, 15) is 19.5 Å². The molecule has 1 aliphatic heterocycles. The van der Waals surface area contributed by atoms with E-state index in [0.29, 0.717) is 42.7 Å². The van der Waals surface area contributed by atoms with Gasteiger partial charge in [-0.05, 0) is 61.2 Å². The van der Waals surface area contributed by atoms with Crippen LogP contribution in [-0.2, 0) is 19.9 Å². The standard InChI is InChI=1S/C23H27N5O5/c24-20(25)16-3-5-18(6-4-16)33-14-2-1-9-23(15-19(29)30,17-7-10-26-11-8-17)28-13-12-27-21(31)22(28)32/h3-8,10-11H,1-2,9,12-15H2,(H3,24,25)(H,27,31)(H,29,30). The third kappa shape index (κ3) is 5.65. The Balaban J connectivity index is 1.73. The number of ether oxygens (including phenoxy) is 1. The van der Waals surface area contributed by atoms with Gasteiger partial charge in [0.15, 0.2) is 0 Å². The Bertz CT molecular complexity index is 1010. The molecule has 0 radical (unpaired) electrons. The minimum absolute atomic E-state index is 0.0200. The summed E-state index contributed by atoms with van der Waals surface area (Å²) in [5.41, 5.74) is 5.51. The van der Waals surface area contributed by atoms with Crippen molar-refractivity contribution in [1.29, 1.82) is 5.41 Å². The number of nitrogen functional groups attached to an aromatic ring is 1. The molecular weight excluding hydrogens is 426 g/mol. The van der Waals surface area contributed by atoms with Gasteiger partial charge in [0.2, 0.25) is 0 Å². The fraction of sp³-hybridized carbons (Fsp3) is 0.348. The minimum Gasteiger partial charge on any atom is -0.494 e. The van der Waals surface area contributed by atoms with Crippen LogP contribution in [0.25, 0.3) is 0 Å². The first kappa shape index (κ1) is 23.7. The maximum Gasteiger partial charge on any atom is 0.312 e. The summed E-state index contributed by atoms with van der Waals surface area (Å²) in [6.07, 6.45) is 4.28. The van der Waals surface area contributed by atoms with E-state index >= 15 is 0 Å². The summed E-state index contributed by atoms with van der Waals surface area (Å²) in [7, 11) is 0. The molecule has 1 atom stereocenters. The second kappa shape index (κ2) is 10.6. The number of unbranched alkanes of at least 4 members (excludes halogenated alkanes) is 1. The van der Waals surface area contributed by atoms with Crippen LogP contribution in [-0.4, -0.2) is 58.3 Å². The highest BCUT2D eigenvalue weighted by atomic mass is 16.5. The summed E-state index contributed by atoms with van der Waals surface area (Å²) in [5, 5.41) is 19.6. The van der Waals surface area contributed by atoms with Crippen LogP contribution in [0.3, 0.4) is 0 Å².